The molecule has 0 saturated heterocycles. The van der Waals surface area contributed by atoms with E-state index in [1.807, 2.05) is 41.3 Å². The molecule has 0 aliphatic heterocycles. The minimum atomic E-state index is -0.808. The highest BCUT2D eigenvalue weighted by Gasteiger charge is 2.13. The number of benzene rings is 1. The van der Waals surface area contributed by atoms with Crippen molar-refractivity contribution < 1.29 is 9.90 Å². The number of hydrogen-bond donors (Lipinski definition) is 2. The van der Waals surface area contributed by atoms with Gasteiger partial charge in [-0.2, -0.15) is 0 Å². The van der Waals surface area contributed by atoms with Crippen LogP contribution in [0.5, 0.6) is 0 Å². The average Bonchev–Trinajstić information content (AvgIpc) is 2.81. The molecule has 1 aromatic heterocycles. The van der Waals surface area contributed by atoms with Crippen LogP contribution in [-0.2, 0) is 11.3 Å². The molecule has 0 saturated carbocycles. The number of thiophene rings is 1. The van der Waals surface area contributed by atoms with Crippen molar-refractivity contribution in [2.45, 2.75) is 13.0 Å². The summed E-state index contributed by atoms with van der Waals surface area (Å²) in [6, 6.07) is 11.5. The number of carboxylic acid groups (broad SMARTS) is 1. The van der Waals surface area contributed by atoms with Crippen molar-refractivity contribution in [1.82, 2.24) is 0 Å². The molecule has 0 aliphatic rings. The van der Waals surface area contributed by atoms with Crippen molar-refractivity contribution in [2.75, 3.05) is 17.2 Å². The predicted octanol–water partition coefficient (Wildman–Crippen LogP) is 3.57. The average molecular weight is 355 g/mol. The Morgan fingerprint density at radius 1 is 1.30 bits per heavy atom. The molecule has 0 radical (unpaired) electrons. The zero-order valence-electron chi connectivity index (χ0n) is 10.8. The fourth-order valence-electron chi connectivity index (χ4n) is 1.92. The van der Waals surface area contributed by atoms with Gasteiger partial charge in [-0.3, -0.25) is 4.79 Å². The highest BCUT2D eigenvalue weighted by Crippen LogP contribution is 2.28. The Hall–Kier alpha value is -1.53. The second-order valence-corrected chi connectivity index (χ2v) is 6.88. The van der Waals surface area contributed by atoms with Crippen molar-refractivity contribution in [3.63, 3.8) is 0 Å². The van der Waals surface area contributed by atoms with Crippen LogP contribution in [0.2, 0.25) is 0 Å². The van der Waals surface area contributed by atoms with Crippen molar-refractivity contribution in [3.8, 4) is 0 Å². The van der Waals surface area contributed by atoms with Crippen molar-refractivity contribution in [1.29, 1.82) is 0 Å². The second-order valence-electron chi connectivity index (χ2n) is 4.33. The summed E-state index contributed by atoms with van der Waals surface area (Å²) >= 11 is 5.07. The van der Waals surface area contributed by atoms with Crippen LogP contribution in [0, 0.1) is 0 Å². The zero-order valence-corrected chi connectivity index (χ0v) is 13.2. The van der Waals surface area contributed by atoms with E-state index in [2.05, 4.69) is 15.9 Å². The summed E-state index contributed by atoms with van der Waals surface area (Å²) in [6.45, 7) is 1.08. The number of anilines is 2. The third-order valence-corrected chi connectivity index (χ3v) is 4.46. The first kappa shape index (κ1) is 14.9. The lowest BCUT2D eigenvalue weighted by atomic mass is 10.2. The van der Waals surface area contributed by atoms with E-state index in [-0.39, 0.29) is 6.42 Å². The number of para-hydroxylation sites is 2. The molecule has 4 nitrogen and oxygen atoms in total. The van der Waals surface area contributed by atoms with Crippen LogP contribution in [0.1, 0.15) is 11.3 Å². The quantitative estimate of drug-likeness (QED) is 0.778. The summed E-state index contributed by atoms with van der Waals surface area (Å²) in [5.41, 5.74) is 7.53. The largest absolute Gasteiger partial charge is 0.481 e. The molecule has 0 fully saturated rings. The van der Waals surface area contributed by atoms with Gasteiger partial charge < -0.3 is 15.7 Å². The van der Waals surface area contributed by atoms with Gasteiger partial charge in [0.25, 0.3) is 0 Å². The Kier molecular flexibility index (Phi) is 5.03. The molecule has 20 heavy (non-hydrogen) atoms. The molecule has 3 N–H and O–H groups in total. The van der Waals surface area contributed by atoms with Crippen LogP contribution in [0.15, 0.2) is 40.2 Å². The minimum Gasteiger partial charge on any atom is -0.481 e. The monoisotopic (exact) mass is 354 g/mol. The van der Waals surface area contributed by atoms with E-state index >= 15 is 0 Å². The predicted molar refractivity (Wildman–Crippen MR) is 86.2 cm³/mol. The van der Waals surface area contributed by atoms with Gasteiger partial charge in [-0.15, -0.1) is 11.3 Å². The highest BCUT2D eigenvalue weighted by molar-refractivity contribution is 9.11. The highest BCUT2D eigenvalue weighted by atomic mass is 79.9. The Balaban J connectivity index is 2.20. The number of nitrogens with zero attached hydrogens (tertiary/aromatic N) is 1. The second kappa shape index (κ2) is 6.76. The Bertz CT molecular complexity index is 600. The van der Waals surface area contributed by atoms with Crippen LogP contribution in [0.3, 0.4) is 0 Å². The van der Waals surface area contributed by atoms with Gasteiger partial charge in [-0.1, -0.05) is 12.1 Å². The zero-order chi connectivity index (χ0) is 14.5. The lowest BCUT2D eigenvalue weighted by Gasteiger charge is -2.25. The smallest absolute Gasteiger partial charge is 0.305 e. The summed E-state index contributed by atoms with van der Waals surface area (Å²) in [7, 11) is 0. The van der Waals surface area contributed by atoms with Gasteiger partial charge in [0, 0.05) is 11.4 Å². The SMILES string of the molecule is Nc1ccccc1N(CCC(=O)O)Cc1ccc(Br)s1. The first-order chi connectivity index (χ1) is 9.56. The van der Waals surface area contributed by atoms with Crippen LogP contribution in [-0.4, -0.2) is 17.6 Å². The van der Waals surface area contributed by atoms with E-state index in [9.17, 15) is 4.79 Å². The van der Waals surface area contributed by atoms with Crippen molar-refractivity contribution in [2.24, 2.45) is 0 Å². The van der Waals surface area contributed by atoms with Crippen molar-refractivity contribution in [3.05, 3.63) is 45.1 Å². The van der Waals surface area contributed by atoms with Gasteiger partial charge in [0.05, 0.1) is 28.1 Å². The molecule has 0 aliphatic carbocycles. The number of nitrogen functional groups attached to an aromatic ring is 1. The van der Waals surface area contributed by atoms with Crippen LogP contribution in [0.25, 0.3) is 0 Å². The van der Waals surface area contributed by atoms with Gasteiger partial charge in [-0.25, -0.2) is 0 Å². The van der Waals surface area contributed by atoms with Gasteiger partial charge in [-0.05, 0) is 40.2 Å². The van der Waals surface area contributed by atoms with Crippen molar-refractivity contribution >= 4 is 44.6 Å². The molecule has 0 spiro atoms. The van der Waals surface area contributed by atoms with Crippen LogP contribution >= 0.6 is 27.3 Å². The minimum absolute atomic E-state index is 0.0842. The molecular formula is C14H15BrN2O2S. The summed E-state index contributed by atoms with van der Waals surface area (Å²) in [4.78, 5) is 14.0. The molecule has 0 atom stereocenters. The van der Waals surface area contributed by atoms with E-state index in [4.69, 9.17) is 10.8 Å². The van der Waals surface area contributed by atoms with Crippen LogP contribution < -0.4 is 10.6 Å². The molecule has 2 rings (SSSR count). The third kappa shape index (κ3) is 3.98. The van der Waals surface area contributed by atoms with Crippen LogP contribution in [0.4, 0.5) is 11.4 Å². The van der Waals surface area contributed by atoms with Gasteiger partial charge in [0.2, 0.25) is 0 Å². The van der Waals surface area contributed by atoms with E-state index < -0.39 is 5.97 Å². The Labute approximate surface area is 130 Å². The summed E-state index contributed by atoms with van der Waals surface area (Å²) in [6.07, 6.45) is 0.0842. The number of aliphatic carboxylic acids is 1. The molecular weight excluding hydrogens is 340 g/mol. The summed E-state index contributed by atoms with van der Waals surface area (Å²) in [5, 5.41) is 8.89. The first-order valence-corrected chi connectivity index (χ1v) is 7.72. The maximum absolute atomic E-state index is 10.8. The maximum atomic E-state index is 10.8. The molecule has 0 bridgehead atoms. The standard InChI is InChI=1S/C14H15BrN2O2S/c15-13-6-5-10(20-13)9-17(8-7-14(18)19)12-4-2-1-3-11(12)16/h1-6H,7-9,16H2,(H,18,19). The fraction of sp³-hybridized carbons (Fsp3) is 0.214. The number of rotatable bonds is 6. The fourth-order valence-corrected chi connectivity index (χ4v) is 3.41. The lowest BCUT2D eigenvalue weighted by molar-refractivity contribution is -0.136. The van der Waals surface area contributed by atoms with Gasteiger partial charge in [0.15, 0.2) is 0 Å². The Morgan fingerprint density at radius 2 is 2.05 bits per heavy atom. The molecule has 0 unspecified atom stereocenters. The number of carbonyl (C=O) groups is 1. The Morgan fingerprint density at radius 3 is 2.65 bits per heavy atom. The number of carboxylic acids is 1. The van der Waals surface area contributed by atoms with E-state index in [1.165, 1.54) is 0 Å². The summed E-state index contributed by atoms with van der Waals surface area (Å²) in [5.74, 6) is -0.808. The van der Waals surface area contributed by atoms with E-state index in [0.717, 1.165) is 14.4 Å². The number of halogens is 1. The lowest BCUT2D eigenvalue weighted by Crippen LogP contribution is -2.26. The normalized spacial score (nSPS) is 10.4. The van der Waals surface area contributed by atoms with E-state index in [1.54, 1.807) is 11.3 Å². The van der Waals surface area contributed by atoms with Gasteiger partial charge in [0.1, 0.15) is 0 Å². The number of hydrogen-bond acceptors (Lipinski definition) is 4. The topological polar surface area (TPSA) is 66.6 Å². The molecule has 0 amide bonds. The molecule has 1 aromatic carbocycles. The maximum Gasteiger partial charge on any atom is 0.305 e. The third-order valence-electron chi connectivity index (χ3n) is 2.85. The van der Waals surface area contributed by atoms with E-state index in [0.29, 0.717) is 18.8 Å². The molecule has 2 aromatic rings. The molecule has 106 valence electrons. The molecule has 1 heterocycles. The van der Waals surface area contributed by atoms with Gasteiger partial charge >= 0.3 is 5.97 Å². The first-order valence-electron chi connectivity index (χ1n) is 6.11. The number of nitrogens with two attached hydrogens (primary N) is 1. The molecule has 6 heteroatoms. The summed E-state index contributed by atoms with van der Waals surface area (Å²) < 4.78 is 1.06.